The Morgan fingerprint density at radius 3 is 2.33 bits per heavy atom. The van der Waals surface area contributed by atoms with Crippen molar-refractivity contribution in [3.8, 4) is 0 Å². The zero-order chi connectivity index (χ0) is 18.3. The maximum absolute atomic E-state index is 12.9. The second kappa shape index (κ2) is 9.50. The number of carbonyl (C=O) groups is 2. The minimum absolute atomic E-state index is 0.0203. The molecular formula is C19H33N3O2. The van der Waals surface area contributed by atoms with E-state index in [0.29, 0.717) is 6.54 Å². The SMILES string of the molecule is CCCCN(Cc1cccn1C)C(=O)CN(C(=O)C(C)C)C(C)C. The molecule has 1 heterocycles. The molecule has 1 rings (SSSR count). The third kappa shape index (κ3) is 5.69. The number of aryl methyl sites for hydroxylation is 1. The van der Waals surface area contributed by atoms with Gasteiger partial charge in [0.25, 0.3) is 0 Å². The summed E-state index contributed by atoms with van der Waals surface area (Å²) < 4.78 is 2.03. The Kier molecular flexibility index (Phi) is 8.02. The molecule has 0 aliphatic rings. The molecule has 1 aromatic heterocycles. The molecule has 0 unspecified atom stereocenters. The van der Waals surface area contributed by atoms with E-state index in [1.54, 1.807) is 4.90 Å². The van der Waals surface area contributed by atoms with E-state index in [-0.39, 0.29) is 30.3 Å². The number of hydrogen-bond donors (Lipinski definition) is 0. The van der Waals surface area contributed by atoms with E-state index in [1.807, 2.05) is 62.5 Å². The van der Waals surface area contributed by atoms with Gasteiger partial charge in [0.05, 0.1) is 13.1 Å². The topological polar surface area (TPSA) is 45.6 Å². The average molecular weight is 335 g/mol. The summed E-state index contributed by atoms with van der Waals surface area (Å²) >= 11 is 0. The van der Waals surface area contributed by atoms with Crippen LogP contribution >= 0.6 is 0 Å². The number of carbonyl (C=O) groups excluding carboxylic acids is 2. The van der Waals surface area contributed by atoms with Gasteiger partial charge in [-0.05, 0) is 32.4 Å². The predicted octanol–water partition coefficient (Wildman–Crippen LogP) is 3.05. The Hall–Kier alpha value is -1.78. The lowest BCUT2D eigenvalue weighted by molar-refractivity contribution is -0.144. The number of rotatable bonds is 9. The predicted molar refractivity (Wildman–Crippen MR) is 97.4 cm³/mol. The average Bonchev–Trinajstić information content (AvgIpc) is 2.92. The first-order valence-corrected chi connectivity index (χ1v) is 8.96. The lowest BCUT2D eigenvalue weighted by atomic mass is 10.1. The zero-order valence-electron chi connectivity index (χ0n) is 16.1. The summed E-state index contributed by atoms with van der Waals surface area (Å²) in [5.41, 5.74) is 1.10. The smallest absolute Gasteiger partial charge is 0.242 e. The first-order valence-electron chi connectivity index (χ1n) is 8.96. The quantitative estimate of drug-likeness (QED) is 0.696. The molecule has 2 amide bonds. The van der Waals surface area contributed by atoms with Crippen molar-refractivity contribution in [1.82, 2.24) is 14.4 Å². The summed E-state index contributed by atoms with van der Waals surface area (Å²) in [5, 5.41) is 0. The van der Waals surface area contributed by atoms with Crippen molar-refractivity contribution in [3.05, 3.63) is 24.0 Å². The fourth-order valence-corrected chi connectivity index (χ4v) is 2.59. The Balaban J connectivity index is 2.85. The van der Waals surface area contributed by atoms with E-state index in [9.17, 15) is 9.59 Å². The molecule has 0 fully saturated rings. The highest BCUT2D eigenvalue weighted by atomic mass is 16.2. The van der Waals surface area contributed by atoms with E-state index < -0.39 is 0 Å². The van der Waals surface area contributed by atoms with Crippen LogP contribution in [0.1, 0.15) is 53.2 Å². The van der Waals surface area contributed by atoms with Crippen molar-refractivity contribution in [2.45, 2.75) is 60.0 Å². The summed E-state index contributed by atoms with van der Waals surface area (Å²) in [7, 11) is 1.99. The van der Waals surface area contributed by atoms with Crippen LogP contribution in [0.2, 0.25) is 0 Å². The van der Waals surface area contributed by atoms with Gasteiger partial charge in [0.15, 0.2) is 0 Å². The summed E-state index contributed by atoms with van der Waals surface area (Å²) in [5.74, 6) is -0.0443. The first-order chi connectivity index (χ1) is 11.3. The van der Waals surface area contributed by atoms with Crippen molar-refractivity contribution in [2.24, 2.45) is 13.0 Å². The highest BCUT2D eigenvalue weighted by molar-refractivity contribution is 5.85. The molecule has 0 spiro atoms. The molecule has 0 N–H and O–H groups in total. The highest BCUT2D eigenvalue weighted by Gasteiger charge is 2.25. The van der Waals surface area contributed by atoms with Gasteiger partial charge in [-0.25, -0.2) is 0 Å². The second-order valence-electron chi connectivity index (χ2n) is 6.99. The fraction of sp³-hybridized carbons (Fsp3) is 0.684. The van der Waals surface area contributed by atoms with Crippen molar-refractivity contribution in [2.75, 3.05) is 13.1 Å². The molecule has 0 aliphatic heterocycles. The number of aromatic nitrogens is 1. The van der Waals surface area contributed by atoms with Gasteiger partial charge < -0.3 is 14.4 Å². The highest BCUT2D eigenvalue weighted by Crippen LogP contribution is 2.11. The normalized spacial score (nSPS) is 11.2. The third-order valence-electron chi connectivity index (χ3n) is 4.24. The van der Waals surface area contributed by atoms with Crippen molar-refractivity contribution in [3.63, 3.8) is 0 Å². The molecule has 5 nitrogen and oxygen atoms in total. The zero-order valence-corrected chi connectivity index (χ0v) is 16.1. The van der Waals surface area contributed by atoms with E-state index in [1.165, 1.54) is 0 Å². The molecule has 136 valence electrons. The Morgan fingerprint density at radius 1 is 1.21 bits per heavy atom. The fourth-order valence-electron chi connectivity index (χ4n) is 2.59. The van der Waals surface area contributed by atoms with Gasteiger partial charge >= 0.3 is 0 Å². The standard InChI is InChI=1S/C19H33N3O2/c1-7-8-12-21(13-17-10-9-11-20(17)6)18(23)14-22(16(4)5)19(24)15(2)3/h9-11,15-16H,7-8,12-14H2,1-6H3. The Morgan fingerprint density at radius 2 is 1.88 bits per heavy atom. The molecule has 0 atom stereocenters. The van der Waals surface area contributed by atoms with E-state index in [2.05, 4.69) is 6.92 Å². The number of nitrogens with zero attached hydrogens (tertiary/aromatic N) is 3. The van der Waals surface area contributed by atoms with Crippen LogP contribution in [0.15, 0.2) is 18.3 Å². The molecule has 0 saturated heterocycles. The van der Waals surface area contributed by atoms with Crippen LogP contribution in [0.25, 0.3) is 0 Å². The van der Waals surface area contributed by atoms with Gasteiger partial charge in [-0.1, -0.05) is 27.2 Å². The van der Waals surface area contributed by atoms with Crippen LogP contribution in [0.5, 0.6) is 0 Å². The van der Waals surface area contributed by atoms with E-state index >= 15 is 0 Å². The van der Waals surface area contributed by atoms with Crippen LogP contribution in [0.4, 0.5) is 0 Å². The summed E-state index contributed by atoms with van der Waals surface area (Å²) in [4.78, 5) is 28.8. The van der Waals surface area contributed by atoms with Crippen LogP contribution in [0, 0.1) is 5.92 Å². The number of unbranched alkanes of at least 4 members (excludes halogenated alkanes) is 1. The molecular weight excluding hydrogens is 302 g/mol. The number of amides is 2. The molecule has 0 radical (unpaired) electrons. The second-order valence-corrected chi connectivity index (χ2v) is 6.99. The number of hydrogen-bond acceptors (Lipinski definition) is 2. The van der Waals surface area contributed by atoms with E-state index in [0.717, 1.165) is 25.1 Å². The minimum atomic E-state index is -0.0998. The van der Waals surface area contributed by atoms with Gasteiger partial charge in [0, 0.05) is 37.4 Å². The maximum Gasteiger partial charge on any atom is 0.242 e. The molecule has 24 heavy (non-hydrogen) atoms. The van der Waals surface area contributed by atoms with E-state index in [4.69, 9.17) is 0 Å². The summed E-state index contributed by atoms with van der Waals surface area (Å²) in [6.07, 6.45) is 3.99. The van der Waals surface area contributed by atoms with Gasteiger partial charge in [-0.3, -0.25) is 9.59 Å². The van der Waals surface area contributed by atoms with Crippen LogP contribution in [0.3, 0.4) is 0 Å². The van der Waals surface area contributed by atoms with Crippen LogP contribution < -0.4 is 0 Å². The van der Waals surface area contributed by atoms with Crippen molar-refractivity contribution >= 4 is 11.8 Å². The van der Waals surface area contributed by atoms with Crippen LogP contribution in [-0.2, 0) is 23.2 Å². The molecule has 0 aliphatic carbocycles. The summed E-state index contributed by atoms with van der Waals surface area (Å²) in [6.45, 7) is 11.3. The summed E-state index contributed by atoms with van der Waals surface area (Å²) in [6, 6.07) is 4.04. The van der Waals surface area contributed by atoms with Crippen molar-refractivity contribution in [1.29, 1.82) is 0 Å². The van der Waals surface area contributed by atoms with Gasteiger partial charge in [0.2, 0.25) is 11.8 Å². The Labute approximate surface area is 146 Å². The maximum atomic E-state index is 12.9. The first kappa shape index (κ1) is 20.3. The minimum Gasteiger partial charge on any atom is -0.353 e. The van der Waals surface area contributed by atoms with Crippen molar-refractivity contribution < 1.29 is 9.59 Å². The van der Waals surface area contributed by atoms with Gasteiger partial charge in [-0.2, -0.15) is 0 Å². The monoisotopic (exact) mass is 335 g/mol. The molecule has 0 bridgehead atoms. The van der Waals surface area contributed by atoms with Gasteiger partial charge in [0.1, 0.15) is 0 Å². The molecule has 0 aromatic carbocycles. The van der Waals surface area contributed by atoms with Crippen LogP contribution in [-0.4, -0.2) is 45.3 Å². The third-order valence-corrected chi connectivity index (χ3v) is 4.24. The molecule has 0 saturated carbocycles. The lowest BCUT2D eigenvalue weighted by Crippen LogP contribution is -2.47. The lowest BCUT2D eigenvalue weighted by Gasteiger charge is -2.31. The van der Waals surface area contributed by atoms with Gasteiger partial charge in [-0.15, -0.1) is 0 Å². The molecule has 1 aromatic rings. The largest absolute Gasteiger partial charge is 0.353 e. The Bertz CT molecular complexity index is 534. The molecule has 5 heteroatoms.